The number of rotatable bonds is 3. The fourth-order valence-corrected chi connectivity index (χ4v) is 2.10. The monoisotopic (exact) mass is 258 g/mol. The molecule has 0 radical (unpaired) electrons. The molecular formula is C16H19FN2. The first-order valence-electron chi connectivity index (χ1n) is 6.34. The Balaban J connectivity index is 2.43. The van der Waals surface area contributed by atoms with Crippen molar-refractivity contribution in [1.82, 2.24) is 0 Å². The van der Waals surface area contributed by atoms with Gasteiger partial charge in [0.15, 0.2) is 0 Å². The highest BCUT2D eigenvalue weighted by Crippen LogP contribution is 2.30. The highest BCUT2D eigenvalue weighted by atomic mass is 19.1. The van der Waals surface area contributed by atoms with E-state index in [1.807, 2.05) is 31.0 Å². The quantitative estimate of drug-likeness (QED) is 0.904. The van der Waals surface area contributed by atoms with Crippen LogP contribution in [0.5, 0.6) is 0 Å². The van der Waals surface area contributed by atoms with Gasteiger partial charge in [0, 0.05) is 24.5 Å². The van der Waals surface area contributed by atoms with Crippen molar-refractivity contribution < 1.29 is 4.39 Å². The van der Waals surface area contributed by atoms with Gasteiger partial charge in [-0.25, -0.2) is 4.39 Å². The molecule has 0 saturated heterocycles. The average Bonchev–Trinajstić information content (AvgIpc) is 2.38. The molecule has 0 bridgehead atoms. The summed E-state index contributed by atoms with van der Waals surface area (Å²) in [4.78, 5) is 2.03. The molecule has 0 saturated carbocycles. The van der Waals surface area contributed by atoms with E-state index in [0.29, 0.717) is 0 Å². The standard InChI is InChI=1S/C16H19FN2/c1-11-4-7-14(8-5-11)19(3)16-9-6-13(17)10-15(16)12(2)18/h4-10,12H,18H2,1-3H3/t12-/m0/s1. The Bertz CT molecular complexity index is 561. The molecule has 1 atom stereocenters. The molecule has 2 aromatic carbocycles. The summed E-state index contributed by atoms with van der Waals surface area (Å²) in [5.41, 5.74) is 9.94. The maximum Gasteiger partial charge on any atom is 0.123 e. The van der Waals surface area contributed by atoms with Crippen molar-refractivity contribution in [2.45, 2.75) is 19.9 Å². The van der Waals surface area contributed by atoms with E-state index in [2.05, 4.69) is 19.1 Å². The SMILES string of the molecule is Cc1ccc(N(C)c2ccc(F)cc2[C@H](C)N)cc1. The van der Waals surface area contributed by atoms with Crippen LogP contribution in [0.3, 0.4) is 0 Å². The lowest BCUT2D eigenvalue weighted by Gasteiger charge is -2.24. The van der Waals surface area contributed by atoms with Gasteiger partial charge in [-0.1, -0.05) is 17.7 Å². The molecule has 3 heteroatoms. The summed E-state index contributed by atoms with van der Waals surface area (Å²) in [6.07, 6.45) is 0. The van der Waals surface area contributed by atoms with Gasteiger partial charge in [-0.05, 0) is 49.7 Å². The van der Waals surface area contributed by atoms with Crippen LogP contribution in [-0.4, -0.2) is 7.05 Å². The second-order valence-corrected chi connectivity index (χ2v) is 4.89. The zero-order chi connectivity index (χ0) is 14.0. The van der Waals surface area contributed by atoms with Gasteiger partial charge in [0.25, 0.3) is 0 Å². The van der Waals surface area contributed by atoms with E-state index < -0.39 is 0 Å². The minimum absolute atomic E-state index is 0.210. The number of nitrogens with zero attached hydrogens (tertiary/aromatic N) is 1. The maximum atomic E-state index is 13.4. The van der Waals surface area contributed by atoms with Crippen LogP contribution in [0.1, 0.15) is 24.1 Å². The van der Waals surface area contributed by atoms with Gasteiger partial charge in [-0.2, -0.15) is 0 Å². The third kappa shape index (κ3) is 2.93. The van der Waals surface area contributed by atoms with Crippen molar-refractivity contribution in [3.8, 4) is 0 Å². The molecular weight excluding hydrogens is 239 g/mol. The summed E-state index contributed by atoms with van der Waals surface area (Å²) in [7, 11) is 1.96. The topological polar surface area (TPSA) is 29.3 Å². The molecule has 0 aliphatic rings. The van der Waals surface area contributed by atoms with Crippen molar-refractivity contribution in [1.29, 1.82) is 0 Å². The number of benzene rings is 2. The lowest BCUT2D eigenvalue weighted by atomic mass is 10.1. The van der Waals surface area contributed by atoms with Crippen molar-refractivity contribution in [3.05, 3.63) is 59.4 Å². The molecule has 0 spiro atoms. The van der Waals surface area contributed by atoms with Crippen LogP contribution in [0, 0.1) is 12.7 Å². The predicted octanol–water partition coefficient (Wildman–Crippen LogP) is 3.92. The van der Waals surface area contributed by atoms with Crippen LogP contribution in [0.25, 0.3) is 0 Å². The molecule has 0 amide bonds. The van der Waals surface area contributed by atoms with Crippen LogP contribution in [0.4, 0.5) is 15.8 Å². The fourth-order valence-electron chi connectivity index (χ4n) is 2.10. The Kier molecular flexibility index (Phi) is 3.86. The molecule has 100 valence electrons. The normalized spacial score (nSPS) is 12.3. The van der Waals surface area contributed by atoms with Gasteiger partial charge >= 0.3 is 0 Å². The van der Waals surface area contributed by atoms with E-state index in [4.69, 9.17) is 5.73 Å². The number of hydrogen-bond donors (Lipinski definition) is 1. The predicted molar refractivity (Wildman–Crippen MR) is 78.2 cm³/mol. The van der Waals surface area contributed by atoms with Crippen molar-refractivity contribution in [3.63, 3.8) is 0 Å². The molecule has 0 heterocycles. The van der Waals surface area contributed by atoms with E-state index >= 15 is 0 Å². The third-order valence-electron chi connectivity index (χ3n) is 3.26. The number of nitrogens with two attached hydrogens (primary N) is 1. The van der Waals surface area contributed by atoms with E-state index in [0.717, 1.165) is 16.9 Å². The van der Waals surface area contributed by atoms with Gasteiger partial charge < -0.3 is 10.6 Å². The van der Waals surface area contributed by atoms with Crippen LogP contribution in [-0.2, 0) is 0 Å². The van der Waals surface area contributed by atoms with Crippen LogP contribution in [0.15, 0.2) is 42.5 Å². The van der Waals surface area contributed by atoms with E-state index in [-0.39, 0.29) is 11.9 Å². The first kappa shape index (κ1) is 13.6. The highest BCUT2D eigenvalue weighted by molar-refractivity contribution is 5.66. The summed E-state index contributed by atoms with van der Waals surface area (Å²) in [5.74, 6) is -0.256. The van der Waals surface area contributed by atoms with Crippen molar-refractivity contribution >= 4 is 11.4 Å². The fraction of sp³-hybridized carbons (Fsp3) is 0.250. The molecule has 2 N–H and O–H groups in total. The first-order valence-corrected chi connectivity index (χ1v) is 6.34. The van der Waals surface area contributed by atoms with Gasteiger partial charge in [-0.15, -0.1) is 0 Å². The van der Waals surface area contributed by atoms with Crippen molar-refractivity contribution in [2.24, 2.45) is 5.73 Å². The Morgan fingerprint density at radius 1 is 1.11 bits per heavy atom. The summed E-state index contributed by atoms with van der Waals surface area (Å²) in [6.45, 7) is 3.91. The molecule has 0 aliphatic carbocycles. The lowest BCUT2D eigenvalue weighted by Crippen LogP contribution is -2.16. The second kappa shape index (κ2) is 5.41. The molecule has 2 nitrogen and oxygen atoms in total. The van der Waals surface area contributed by atoms with E-state index in [9.17, 15) is 4.39 Å². The van der Waals surface area contributed by atoms with Gasteiger partial charge in [0.2, 0.25) is 0 Å². The molecule has 0 aliphatic heterocycles. The summed E-state index contributed by atoms with van der Waals surface area (Å²) in [6, 6.07) is 12.7. The van der Waals surface area contributed by atoms with Crippen LogP contribution < -0.4 is 10.6 Å². The Morgan fingerprint density at radius 2 is 1.74 bits per heavy atom. The maximum absolute atomic E-state index is 13.4. The second-order valence-electron chi connectivity index (χ2n) is 4.89. The lowest BCUT2D eigenvalue weighted by molar-refractivity contribution is 0.622. The average molecular weight is 258 g/mol. The summed E-state index contributed by atoms with van der Waals surface area (Å²) < 4.78 is 13.4. The van der Waals surface area contributed by atoms with E-state index in [1.165, 1.54) is 17.7 Å². The Labute approximate surface area is 113 Å². The number of halogens is 1. The number of aryl methyl sites for hydroxylation is 1. The molecule has 2 rings (SSSR count). The van der Waals surface area contributed by atoms with Gasteiger partial charge in [0.05, 0.1) is 0 Å². The largest absolute Gasteiger partial charge is 0.344 e. The van der Waals surface area contributed by atoms with E-state index in [1.54, 1.807) is 6.07 Å². The van der Waals surface area contributed by atoms with Crippen LogP contribution in [0.2, 0.25) is 0 Å². The zero-order valence-corrected chi connectivity index (χ0v) is 11.5. The third-order valence-corrected chi connectivity index (χ3v) is 3.26. The number of hydrogen-bond acceptors (Lipinski definition) is 2. The molecule has 19 heavy (non-hydrogen) atoms. The molecule has 0 aromatic heterocycles. The minimum atomic E-state index is -0.256. The van der Waals surface area contributed by atoms with Gasteiger partial charge in [0.1, 0.15) is 5.82 Å². The van der Waals surface area contributed by atoms with Crippen molar-refractivity contribution in [2.75, 3.05) is 11.9 Å². The first-order chi connectivity index (χ1) is 8.99. The highest BCUT2D eigenvalue weighted by Gasteiger charge is 2.13. The smallest absolute Gasteiger partial charge is 0.123 e. The molecule has 2 aromatic rings. The van der Waals surface area contributed by atoms with Gasteiger partial charge in [-0.3, -0.25) is 0 Å². The number of anilines is 2. The zero-order valence-electron chi connectivity index (χ0n) is 11.5. The van der Waals surface area contributed by atoms with Crippen LogP contribution >= 0.6 is 0 Å². The Morgan fingerprint density at radius 3 is 2.32 bits per heavy atom. The summed E-state index contributed by atoms with van der Waals surface area (Å²) >= 11 is 0. The minimum Gasteiger partial charge on any atom is -0.344 e. The Hall–Kier alpha value is -1.87. The molecule has 0 unspecified atom stereocenters. The molecule has 0 fully saturated rings. The summed E-state index contributed by atoms with van der Waals surface area (Å²) in [5, 5.41) is 0.